The minimum Gasteiger partial charge on any atom is -0.326 e. The van der Waals surface area contributed by atoms with E-state index in [1.807, 2.05) is 20.8 Å². The van der Waals surface area contributed by atoms with Gasteiger partial charge < -0.3 is 5.32 Å². The molecule has 0 aromatic heterocycles. The van der Waals surface area contributed by atoms with Crippen LogP contribution in [-0.2, 0) is 4.79 Å². The van der Waals surface area contributed by atoms with E-state index in [0.29, 0.717) is 22.7 Å². The van der Waals surface area contributed by atoms with Gasteiger partial charge in [0.05, 0.1) is 11.3 Å². The van der Waals surface area contributed by atoms with Crippen molar-refractivity contribution in [3.05, 3.63) is 29.6 Å². The first-order valence-corrected chi connectivity index (χ1v) is 7.86. The van der Waals surface area contributed by atoms with Gasteiger partial charge in [-0.2, -0.15) is 5.10 Å². The lowest BCUT2D eigenvalue weighted by Crippen LogP contribution is -2.28. The molecular weight excluding hydrogens is 303 g/mol. The first-order valence-electron chi connectivity index (χ1n) is 6.87. The van der Waals surface area contributed by atoms with E-state index < -0.39 is 5.82 Å². The van der Waals surface area contributed by atoms with Gasteiger partial charge in [0.1, 0.15) is 5.82 Å². The molecule has 2 N–H and O–H groups in total. The fraction of sp³-hybridized carbons (Fsp3) is 0.400. The highest BCUT2D eigenvalue weighted by Crippen LogP contribution is 2.20. The van der Waals surface area contributed by atoms with Gasteiger partial charge in [0.2, 0.25) is 5.91 Å². The van der Waals surface area contributed by atoms with Crippen LogP contribution in [0.4, 0.5) is 10.1 Å². The van der Waals surface area contributed by atoms with Gasteiger partial charge in [0.15, 0.2) is 5.17 Å². The van der Waals surface area contributed by atoms with Gasteiger partial charge in [-0.15, -0.1) is 0 Å². The van der Waals surface area contributed by atoms with Gasteiger partial charge >= 0.3 is 0 Å². The summed E-state index contributed by atoms with van der Waals surface area (Å²) in [5, 5.41) is 7.48. The van der Waals surface area contributed by atoms with E-state index in [-0.39, 0.29) is 11.4 Å². The number of amidine groups is 1. The van der Waals surface area contributed by atoms with Crippen molar-refractivity contribution in [1.82, 2.24) is 5.43 Å². The molecule has 118 valence electrons. The molecule has 5 nitrogen and oxygen atoms in total. The third kappa shape index (κ3) is 4.56. The Labute approximate surface area is 133 Å². The predicted octanol–water partition coefficient (Wildman–Crippen LogP) is 2.98. The summed E-state index contributed by atoms with van der Waals surface area (Å²) >= 11 is 1.49. The number of amides is 1. The molecular formula is C15H19FN4OS. The number of anilines is 1. The molecule has 7 heteroatoms. The number of thioether (sulfide) groups is 1. The molecule has 1 amide bonds. The number of nitrogens with one attached hydrogen (secondary N) is 2. The van der Waals surface area contributed by atoms with Gasteiger partial charge in [-0.3, -0.25) is 15.2 Å². The minimum absolute atomic E-state index is 0.187. The smallest absolute Gasteiger partial charge is 0.221 e. The highest BCUT2D eigenvalue weighted by Gasteiger charge is 2.18. The van der Waals surface area contributed by atoms with Crippen LogP contribution in [0, 0.1) is 5.82 Å². The highest BCUT2D eigenvalue weighted by atomic mass is 32.2. The van der Waals surface area contributed by atoms with E-state index in [1.54, 1.807) is 12.1 Å². The van der Waals surface area contributed by atoms with Crippen LogP contribution in [0.2, 0.25) is 0 Å². The second-order valence-electron chi connectivity index (χ2n) is 5.92. The summed E-state index contributed by atoms with van der Waals surface area (Å²) in [6, 6.07) is 4.57. The number of hydrogen-bond donors (Lipinski definition) is 2. The first kappa shape index (κ1) is 16.5. The number of nitrogens with zero attached hydrogens (tertiary/aromatic N) is 2. The summed E-state index contributed by atoms with van der Waals surface area (Å²) in [7, 11) is 0. The summed E-state index contributed by atoms with van der Waals surface area (Å²) in [4.78, 5) is 15.5. The molecule has 2 rings (SSSR count). The number of hydrogen-bond acceptors (Lipinski definition) is 4. The van der Waals surface area contributed by atoms with Crippen molar-refractivity contribution in [2.45, 2.75) is 33.2 Å². The molecule has 0 bridgehead atoms. The quantitative estimate of drug-likeness (QED) is 0.880. The van der Waals surface area contributed by atoms with E-state index >= 15 is 0 Å². The molecule has 0 fully saturated rings. The van der Waals surface area contributed by atoms with Crippen molar-refractivity contribution in [1.29, 1.82) is 0 Å². The fourth-order valence-corrected chi connectivity index (χ4v) is 2.79. The minimum atomic E-state index is -0.413. The molecule has 0 aliphatic carbocycles. The average Bonchev–Trinajstić information content (AvgIpc) is 2.37. The molecule has 0 atom stereocenters. The normalized spacial score (nSPS) is 17.0. The van der Waals surface area contributed by atoms with Crippen LogP contribution in [0.25, 0.3) is 0 Å². The Morgan fingerprint density at radius 1 is 1.45 bits per heavy atom. The second-order valence-corrected chi connectivity index (χ2v) is 6.89. The number of carbonyl (C=O) groups is 1. The Balaban J connectivity index is 2.17. The molecule has 0 saturated heterocycles. The van der Waals surface area contributed by atoms with Crippen molar-refractivity contribution in [3.63, 3.8) is 0 Å². The van der Waals surface area contributed by atoms with Gasteiger partial charge in [0, 0.05) is 23.9 Å². The van der Waals surface area contributed by atoms with Gasteiger partial charge in [-0.05, 0) is 39.0 Å². The Kier molecular flexibility index (Phi) is 4.85. The van der Waals surface area contributed by atoms with Gasteiger partial charge in [0.25, 0.3) is 0 Å². The number of rotatable bonds is 2. The third-order valence-corrected chi connectivity index (χ3v) is 3.54. The van der Waals surface area contributed by atoms with Gasteiger partial charge in [-0.25, -0.2) is 4.39 Å². The predicted molar refractivity (Wildman–Crippen MR) is 90.0 cm³/mol. The Hall–Kier alpha value is -1.89. The lowest BCUT2D eigenvalue weighted by molar-refractivity contribution is -0.114. The lowest BCUT2D eigenvalue weighted by atomic mass is 10.1. The number of aliphatic imine (C=N–C) groups is 1. The number of carbonyl (C=O) groups excluding carboxylic acids is 1. The molecule has 0 saturated carbocycles. The van der Waals surface area contributed by atoms with Crippen LogP contribution < -0.4 is 10.7 Å². The maximum absolute atomic E-state index is 14.2. The van der Waals surface area contributed by atoms with Crippen molar-refractivity contribution in [2.75, 3.05) is 11.1 Å². The molecule has 1 aromatic rings. The topological polar surface area (TPSA) is 65.8 Å². The molecule has 0 unspecified atom stereocenters. The Morgan fingerprint density at radius 2 is 2.18 bits per heavy atom. The molecule has 1 heterocycles. The molecule has 1 aliphatic rings. The van der Waals surface area contributed by atoms with Gasteiger partial charge in [-0.1, -0.05) is 11.8 Å². The third-order valence-electron chi connectivity index (χ3n) is 2.67. The van der Waals surface area contributed by atoms with E-state index in [1.165, 1.54) is 24.8 Å². The second kappa shape index (κ2) is 6.48. The zero-order valence-corrected chi connectivity index (χ0v) is 13.8. The summed E-state index contributed by atoms with van der Waals surface area (Å²) < 4.78 is 14.2. The maximum Gasteiger partial charge on any atom is 0.221 e. The van der Waals surface area contributed by atoms with Crippen LogP contribution >= 0.6 is 11.8 Å². The highest BCUT2D eigenvalue weighted by molar-refractivity contribution is 8.14. The Morgan fingerprint density at radius 3 is 2.68 bits per heavy atom. The van der Waals surface area contributed by atoms with E-state index in [9.17, 15) is 9.18 Å². The molecule has 0 spiro atoms. The molecule has 1 aromatic carbocycles. The zero-order chi connectivity index (χ0) is 16.3. The van der Waals surface area contributed by atoms with Crippen molar-refractivity contribution in [3.8, 4) is 0 Å². The molecule has 0 radical (unpaired) electrons. The van der Waals surface area contributed by atoms with Crippen LogP contribution in [0.15, 0.2) is 28.3 Å². The van der Waals surface area contributed by atoms with Crippen molar-refractivity contribution in [2.24, 2.45) is 10.1 Å². The molecule has 22 heavy (non-hydrogen) atoms. The van der Waals surface area contributed by atoms with Crippen molar-refractivity contribution < 1.29 is 9.18 Å². The first-order chi connectivity index (χ1) is 10.2. The number of benzene rings is 1. The van der Waals surface area contributed by atoms with E-state index in [0.717, 1.165) is 5.17 Å². The van der Waals surface area contributed by atoms with Crippen molar-refractivity contribution >= 4 is 34.2 Å². The summed E-state index contributed by atoms with van der Waals surface area (Å²) in [6.45, 7) is 7.39. The number of halogens is 1. The number of hydrazone groups is 1. The maximum atomic E-state index is 14.2. The zero-order valence-electron chi connectivity index (χ0n) is 13.0. The standard InChI is InChI=1S/C15H19FN4OS/c1-9(21)17-10-5-6-11(12(16)7-10)13-8-22-14(20-19-13)18-15(2,3)4/h5-7H,8H2,1-4H3,(H,17,21)(H,18,20). The van der Waals surface area contributed by atoms with Crippen LogP contribution in [0.1, 0.15) is 33.3 Å². The summed E-state index contributed by atoms with van der Waals surface area (Å²) in [5.74, 6) is -0.107. The SMILES string of the molecule is CC(=O)Nc1ccc(C2=NNC(=NC(C)(C)C)SC2)c(F)c1. The molecule has 1 aliphatic heterocycles. The largest absolute Gasteiger partial charge is 0.326 e. The fourth-order valence-electron chi connectivity index (χ4n) is 1.85. The average molecular weight is 322 g/mol. The van der Waals surface area contributed by atoms with Crippen LogP contribution in [0.3, 0.4) is 0 Å². The lowest BCUT2D eigenvalue weighted by Gasteiger charge is -2.19. The Bertz CT molecular complexity index is 649. The van der Waals surface area contributed by atoms with Crippen LogP contribution in [0.5, 0.6) is 0 Å². The van der Waals surface area contributed by atoms with E-state index in [2.05, 4.69) is 20.8 Å². The van der Waals surface area contributed by atoms with Crippen LogP contribution in [-0.4, -0.2) is 28.1 Å². The summed E-state index contributed by atoms with van der Waals surface area (Å²) in [5.41, 5.74) is 4.14. The summed E-state index contributed by atoms with van der Waals surface area (Å²) in [6.07, 6.45) is 0. The van der Waals surface area contributed by atoms with E-state index in [4.69, 9.17) is 0 Å². The monoisotopic (exact) mass is 322 g/mol.